The minimum atomic E-state index is -0.238. The number of aryl methyl sites for hydroxylation is 1. The van der Waals surface area contributed by atoms with Gasteiger partial charge in [-0.2, -0.15) is 0 Å². The first-order chi connectivity index (χ1) is 8.08. The Hall–Kier alpha value is -1.30. The van der Waals surface area contributed by atoms with Crippen molar-refractivity contribution in [1.82, 2.24) is 0 Å². The molecule has 0 saturated carbocycles. The summed E-state index contributed by atoms with van der Waals surface area (Å²) in [7, 11) is 0. The monoisotopic (exact) mass is 342 g/mol. The summed E-state index contributed by atoms with van der Waals surface area (Å²) >= 11 is 2.09. The highest BCUT2D eigenvalue weighted by atomic mass is 127. The lowest BCUT2D eigenvalue weighted by Gasteiger charge is -2.13. The molecule has 88 valence electrons. The van der Waals surface area contributed by atoms with Gasteiger partial charge in [-0.25, -0.2) is 4.39 Å². The van der Waals surface area contributed by atoms with Gasteiger partial charge in [0.2, 0.25) is 0 Å². The second-order valence-corrected chi connectivity index (χ2v) is 4.95. The van der Waals surface area contributed by atoms with Crippen molar-refractivity contribution < 1.29 is 4.39 Å². The van der Waals surface area contributed by atoms with Gasteiger partial charge >= 0.3 is 0 Å². The van der Waals surface area contributed by atoms with E-state index in [1.54, 1.807) is 6.07 Å². The van der Waals surface area contributed by atoms with Crippen molar-refractivity contribution in [3.05, 3.63) is 51.3 Å². The van der Waals surface area contributed by atoms with Gasteiger partial charge in [-0.3, -0.25) is 0 Å². The summed E-state index contributed by atoms with van der Waals surface area (Å²) in [5, 5.41) is 3.24. The van der Waals surface area contributed by atoms with E-state index in [1.165, 1.54) is 12.1 Å². The van der Waals surface area contributed by atoms with E-state index >= 15 is 0 Å². The van der Waals surface area contributed by atoms with Crippen LogP contribution in [0, 0.1) is 16.3 Å². The first-order valence-electron chi connectivity index (χ1n) is 5.15. The largest absolute Gasteiger partial charge is 0.397 e. The quantitative estimate of drug-likeness (QED) is 0.638. The molecular weight excluding hydrogens is 330 g/mol. The number of para-hydroxylation sites is 1. The predicted octanol–water partition coefficient (Wildman–Crippen LogP) is 4.06. The van der Waals surface area contributed by atoms with Crippen LogP contribution in [0.4, 0.5) is 21.5 Å². The third-order valence-electron chi connectivity index (χ3n) is 2.50. The predicted molar refractivity (Wildman–Crippen MR) is 78.0 cm³/mol. The maximum absolute atomic E-state index is 13.0. The van der Waals surface area contributed by atoms with Crippen LogP contribution < -0.4 is 11.1 Å². The summed E-state index contributed by atoms with van der Waals surface area (Å²) in [5.74, 6) is -0.238. The number of nitrogens with one attached hydrogen (secondary N) is 1. The SMILES string of the molecule is Cc1cccc(N)c1Nc1ccc(F)cc1I. The lowest BCUT2D eigenvalue weighted by Crippen LogP contribution is -2.00. The standard InChI is InChI=1S/C13H12FIN2/c1-8-3-2-4-11(16)13(8)17-12-6-5-9(14)7-10(12)15/h2-7,17H,16H2,1H3. The summed E-state index contributed by atoms with van der Waals surface area (Å²) in [6, 6.07) is 10.4. The molecule has 3 N–H and O–H groups in total. The molecule has 0 aromatic heterocycles. The van der Waals surface area contributed by atoms with E-state index in [0.29, 0.717) is 5.69 Å². The van der Waals surface area contributed by atoms with Gasteiger partial charge in [-0.05, 0) is 59.3 Å². The molecule has 0 aliphatic carbocycles. The first kappa shape index (κ1) is 12.2. The van der Waals surface area contributed by atoms with Gasteiger partial charge in [0.1, 0.15) is 5.82 Å². The van der Waals surface area contributed by atoms with Crippen LogP contribution in [0.3, 0.4) is 0 Å². The lowest BCUT2D eigenvalue weighted by molar-refractivity contribution is 0.627. The summed E-state index contributed by atoms with van der Waals surface area (Å²) in [4.78, 5) is 0. The van der Waals surface area contributed by atoms with Crippen LogP contribution in [-0.4, -0.2) is 0 Å². The van der Waals surface area contributed by atoms with Gasteiger partial charge in [-0.15, -0.1) is 0 Å². The summed E-state index contributed by atoms with van der Waals surface area (Å²) in [6.07, 6.45) is 0. The van der Waals surface area contributed by atoms with Gasteiger partial charge in [0.05, 0.1) is 17.1 Å². The second-order valence-electron chi connectivity index (χ2n) is 3.79. The highest BCUT2D eigenvalue weighted by molar-refractivity contribution is 14.1. The van der Waals surface area contributed by atoms with E-state index in [9.17, 15) is 4.39 Å². The molecule has 4 heteroatoms. The Morgan fingerprint density at radius 3 is 2.65 bits per heavy atom. The van der Waals surface area contributed by atoms with E-state index in [2.05, 4.69) is 27.9 Å². The van der Waals surface area contributed by atoms with E-state index in [0.717, 1.165) is 20.5 Å². The molecule has 0 atom stereocenters. The normalized spacial score (nSPS) is 10.3. The minimum Gasteiger partial charge on any atom is -0.397 e. The van der Waals surface area contributed by atoms with Gasteiger partial charge < -0.3 is 11.1 Å². The van der Waals surface area contributed by atoms with Crippen LogP contribution in [0.25, 0.3) is 0 Å². The second kappa shape index (κ2) is 4.91. The van der Waals surface area contributed by atoms with E-state index in [1.807, 2.05) is 25.1 Å². The number of halogens is 2. The van der Waals surface area contributed by atoms with Crippen LogP contribution in [-0.2, 0) is 0 Å². The smallest absolute Gasteiger partial charge is 0.124 e. The van der Waals surface area contributed by atoms with Crippen molar-refractivity contribution in [2.75, 3.05) is 11.1 Å². The Bertz CT molecular complexity index is 535. The number of hydrogen-bond donors (Lipinski definition) is 2. The van der Waals surface area contributed by atoms with Crippen LogP contribution >= 0.6 is 22.6 Å². The van der Waals surface area contributed by atoms with Crippen LogP contribution in [0.5, 0.6) is 0 Å². The minimum absolute atomic E-state index is 0.238. The fourth-order valence-electron chi connectivity index (χ4n) is 1.59. The average Bonchev–Trinajstić information content (AvgIpc) is 2.26. The average molecular weight is 342 g/mol. The van der Waals surface area contributed by atoms with Gasteiger partial charge in [0.25, 0.3) is 0 Å². The van der Waals surface area contributed by atoms with E-state index in [4.69, 9.17) is 5.73 Å². The Morgan fingerprint density at radius 2 is 2.00 bits per heavy atom. The molecule has 2 aromatic carbocycles. The van der Waals surface area contributed by atoms with Crippen molar-refractivity contribution >= 4 is 39.7 Å². The molecule has 0 heterocycles. The third kappa shape index (κ3) is 2.69. The van der Waals surface area contributed by atoms with Crippen LogP contribution in [0.15, 0.2) is 36.4 Å². The molecule has 2 rings (SSSR count). The molecule has 0 radical (unpaired) electrons. The topological polar surface area (TPSA) is 38.0 Å². The maximum atomic E-state index is 13.0. The van der Waals surface area contributed by atoms with E-state index < -0.39 is 0 Å². The number of nitrogens with two attached hydrogens (primary N) is 1. The molecule has 0 aliphatic heterocycles. The highest BCUT2D eigenvalue weighted by Gasteiger charge is 2.06. The molecular formula is C13H12FIN2. The zero-order valence-corrected chi connectivity index (χ0v) is 11.5. The molecule has 0 saturated heterocycles. The Labute approximate surface area is 113 Å². The maximum Gasteiger partial charge on any atom is 0.124 e. The fourth-order valence-corrected chi connectivity index (χ4v) is 2.20. The molecule has 0 aliphatic rings. The van der Waals surface area contributed by atoms with Crippen molar-refractivity contribution in [3.8, 4) is 0 Å². The van der Waals surface area contributed by atoms with E-state index in [-0.39, 0.29) is 5.82 Å². The Morgan fingerprint density at radius 1 is 1.24 bits per heavy atom. The Balaban J connectivity index is 2.38. The molecule has 0 bridgehead atoms. The number of nitrogen functional groups attached to an aromatic ring is 1. The van der Waals surface area contributed by atoms with Crippen LogP contribution in [0.2, 0.25) is 0 Å². The van der Waals surface area contributed by atoms with Crippen LogP contribution in [0.1, 0.15) is 5.56 Å². The summed E-state index contributed by atoms with van der Waals surface area (Å²) < 4.78 is 13.8. The Kier molecular flexibility index (Phi) is 3.51. The molecule has 0 fully saturated rings. The highest BCUT2D eigenvalue weighted by Crippen LogP contribution is 2.29. The van der Waals surface area contributed by atoms with Crippen molar-refractivity contribution in [1.29, 1.82) is 0 Å². The molecule has 2 aromatic rings. The molecule has 0 unspecified atom stereocenters. The van der Waals surface area contributed by atoms with Gasteiger partial charge in [-0.1, -0.05) is 12.1 Å². The third-order valence-corrected chi connectivity index (χ3v) is 3.39. The first-order valence-corrected chi connectivity index (χ1v) is 6.23. The summed E-state index contributed by atoms with van der Waals surface area (Å²) in [5.41, 5.74) is 9.38. The van der Waals surface area contributed by atoms with Crippen molar-refractivity contribution in [3.63, 3.8) is 0 Å². The fraction of sp³-hybridized carbons (Fsp3) is 0.0769. The molecule has 17 heavy (non-hydrogen) atoms. The van der Waals surface area contributed by atoms with Crippen molar-refractivity contribution in [2.45, 2.75) is 6.92 Å². The number of rotatable bonds is 2. The zero-order valence-electron chi connectivity index (χ0n) is 9.30. The van der Waals surface area contributed by atoms with Crippen molar-refractivity contribution in [2.24, 2.45) is 0 Å². The molecule has 0 spiro atoms. The number of anilines is 3. The lowest BCUT2D eigenvalue weighted by atomic mass is 10.1. The van der Waals surface area contributed by atoms with Gasteiger partial charge in [0, 0.05) is 3.57 Å². The van der Waals surface area contributed by atoms with Gasteiger partial charge in [0.15, 0.2) is 0 Å². The molecule has 0 amide bonds. The molecule has 2 nitrogen and oxygen atoms in total. The number of hydrogen-bond acceptors (Lipinski definition) is 2. The summed E-state index contributed by atoms with van der Waals surface area (Å²) in [6.45, 7) is 1.98. The number of benzene rings is 2. The zero-order chi connectivity index (χ0) is 12.4.